The van der Waals surface area contributed by atoms with E-state index in [4.69, 9.17) is 17.3 Å². The summed E-state index contributed by atoms with van der Waals surface area (Å²) in [6.07, 6.45) is 3.25. The van der Waals surface area contributed by atoms with Gasteiger partial charge in [-0.1, -0.05) is 35.9 Å². The molecule has 5 nitrogen and oxygen atoms in total. The van der Waals surface area contributed by atoms with Crippen LogP contribution in [0.25, 0.3) is 11.3 Å². The van der Waals surface area contributed by atoms with Crippen LogP contribution in [0.1, 0.15) is 35.2 Å². The summed E-state index contributed by atoms with van der Waals surface area (Å²) in [5.74, 6) is 0.262. The van der Waals surface area contributed by atoms with Crippen molar-refractivity contribution in [1.82, 2.24) is 10.2 Å². The van der Waals surface area contributed by atoms with Gasteiger partial charge in [-0.25, -0.2) is 0 Å². The van der Waals surface area contributed by atoms with Crippen LogP contribution in [0.2, 0.25) is 5.02 Å². The number of hydrogen-bond donors (Lipinski definition) is 2. The standard InChI is InChI=1S/C21H19ClN4O/c22-17-7-5-16(6-8-17)21(11-2-12-21)24-19-10-9-18(25-26-19)14-3-1-4-15(13-14)20(23)27/h1,3-10,13H,2,11-12H2,(H2,23,27)(H,24,26). The minimum Gasteiger partial charge on any atom is -0.366 e. The molecular weight excluding hydrogens is 360 g/mol. The van der Waals surface area contributed by atoms with Gasteiger partial charge in [0.2, 0.25) is 5.91 Å². The number of aromatic nitrogens is 2. The van der Waals surface area contributed by atoms with Gasteiger partial charge in [-0.15, -0.1) is 10.2 Å². The molecule has 0 aliphatic heterocycles. The minimum absolute atomic E-state index is 0.118. The van der Waals surface area contributed by atoms with E-state index in [9.17, 15) is 4.79 Å². The van der Waals surface area contributed by atoms with Crippen LogP contribution in [0.4, 0.5) is 5.82 Å². The van der Waals surface area contributed by atoms with Crippen molar-refractivity contribution < 1.29 is 4.79 Å². The third-order valence-electron chi connectivity index (χ3n) is 5.08. The fraction of sp³-hybridized carbons (Fsp3) is 0.190. The zero-order valence-electron chi connectivity index (χ0n) is 14.7. The Morgan fingerprint density at radius 1 is 1.04 bits per heavy atom. The fourth-order valence-corrected chi connectivity index (χ4v) is 3.54. The second-order valence-corrected chi connectivity index (χ2v) is 7.25. The van der Waals surface area contributed by atoms with E-state index in [0.717, 1.165) is 29.2 Å². The molecule has 4 rings (SSSR count). The molecule has 0 unspecified atom stereocenters. The number of amides is 1. The normalized spacial score (nSPS) is 15.0. The Balaban J connectivity index is 1.56. The lowest BCUT2D eigenvalue weighted by molar-refractivity contribution is 0.100. The van der Waals surface area contributed by atoms with Crippen LogP contribution in [0, 0.1) is 0 Å². The van der Waals surface area contributed by atoms with E-state index in [1.807, 2.05) is 30.3 Å². The molecule has 0 radical (unpaired) electrons. The molecule has 1 fully saturated rings. The lowest BCUT2D eigenvalue weighted by Crippen LogP contribution is -2.42. The molecule has 0 bridgehead atoms. The SMILES string of the molecule is NC(=O)c1cccc(-c2ccc(NC3(c4ccc(Cl)cc4)CCC3)nn2)c1. The molecule has 0 spiro atoms. The number of hydrogen-bond acceptors (Lipinski definition) is 4. The summed E-state index contributed by atoms with van der Waals surface area (Å²) in [6, 6.07) is 18.8. The number of nitrogens with zero attached hydrogens (tertiary/aromatic N) is 2. The first-order valence-electron chi connectivity index (χ1n) is 8.84. The van der Waals surface area contributed by atoms with Crippen molar-refractivity contribution in [3.8, 4) is 11.3 Å². The van der Waals surface area contributed by atoms with E-state index in [1.54, 1.807) is 18.2 Å². The number of rotatable bonds is 5. The number of carbonyl (C=O) groups excluding carboxylic acids is 1. The van der Waals surface area contributed by atoms with Crippen LogP contribution < -0.4 is 11.1 Å². The van der Waals surface area contributed by atoms with E-state index in [0.29, 0.717) is 11.3 Å². The maximum Gasteiger partial charge on any atom is 0.248 e. The van der Waals surface area contributed by atoms with Crippen molar-refractivity contribution in [2.75, 3.05) is 5.32 Å². The van der Waals surface area contributed by atoms with Crippen molar-refractivity contribution in [3.05, 3.63) is 76.8 Å². The molecule has 0 atom stereocenters. The summed E-state index contributed by atoms with van der Waals surface area (Å²) >= 11 is 6.02. The van der Waals surface area contributed by atoms with Crippen LogP contribution in [0.3, 0.4) is 0 Å². The Kier molecular flexibility index (Phi) is 4.54. The quantitative estimate of drug-likeness (QED) is 0.690. The van der Waals surface area contributed by atoms with E-state index >= 15 is 0 Å². The molecule has 2 aromatic carbocycles. The molecule has 1 heterocycles. The van der Waals surface area contributed by atoms with E-state index in [2.05, 4.69) is 27.6 Å². The van der Waals surface area contributed by atoms with Crippen LogP contribution in [-0.2, 0) is 5.54 Å². The van der Waals surface area contributed by atoms with Crippen molar-refractivity contribution in [3.63, 3.8) is 0 Å². The number of primary amides is 1. The fourth-order valence-electron chi connectivity index (χ4n) is 3.41. The monoisotopic (exact) mass is 378 g/mol. The van der Waals surface area contributed by atoms with Gasteiger partial charge in [0, 0.05) is 16.1 Å². The molecule has 0 saturated heterocycles. The molecule has 1 saturated carbocycles. The second kappa shape index (κ2) is 7.00. The number of nitrogens with one attached hydrogen (secondary N) is 1. The van der Waals surface area contributed by atoms with E-state index in [1.165, 1.54) is 12.0 Å². The Morgan fingerprint density at radius 3 is 2.41 bits per heavy atom. The van der Waals surface area contributed by atoms with Crippen LogP contribution in [0.5, 0.6) is 0 Å². The average Bonchev–Trinajstić information content (AvgIpc) is 2.66. The van der Waals surface area contributed by atoms with Crippen LogP contribution in [-0.4, -0.2) is 16.1 Å². The largest absolute Gasteiger partial charge is 0.366 e. The highest BCUT2D eigenvalue weighted by molar-refractivity contribution is 6.30. The molecule has 1 amide bonds. The molecule has 136 valence electrons. The van der Waals surface area contributed by atoms with Crippen molar-refractivity contribution in [1.29, 1.82) is 0 Å². The van der Waals surface area contributed by atoms with Crippen LogP contribution >= 0.6 is 11.6 Å². The smallest absolute Gasteiger partial charge is 0.248 e. The second-order valence-electron chi connectivity index (χ2n) is 6.82. The number of halogens is 1. The predicted octanol–water partition coefficient (Wildman–Crippen LogP) is 4.39. The summed E-state index contributed by atoms with van der Waals surface area (Å²) in [6.45, 7) is 0. The van der Waals surface area contributed by atoms with Crippen molar-refractivity contribution >= 4 is 23.3 Å². The Morgan fingerprint density at radius 2 is 1.81 bits per heavy atom. The Labute approximate surface area is 162 Å². The molecule has 1 aliphatic rings. The highest BCUT2D eigenvalue weighted by atomic mass is 35.5. The minimum atomic E-state index is -0.460. The van der Waals surface area contributed by atoms with Gasteiger partial charge in [0.05, 0.1) is 11.2 Å². The summed E-state index contributed by atoms with van der Waals surface area (Å²) in [4.78, 5) is 11.4. The predicted molar refractivity (Wildman–Crippen MR) is 107 cm³/mol. The third kappa shape index (κ3) is 3.51. The Bertz CT molecular complexity index is 966. The zero-order valence-corrected chi connectivity index (χ0v) is 15.4. The van der Waals surface area contributed by atoms with Gasteiger partial charge < -0.3 is 11.1 Å². The molecule has 1 aliphatic carbocycles. The first kappa shape index (κ1) is 17.5. The van der Waals surface area contributed by atoms with Gasteiger partial charge in [-0.05, 0) is 61.2 Å². The average molecular weight is 379 g/mol. The lowest BCUT2D eigenvalue weighted by atomic mass is 9.72. The van der Waals surface area contributed by atoms with Crippen LogP contribution in [0.15, 0.2) is 60.7 Å². The highest BCUT2D eigenvalue weighted by Gasteiger charge is 2.38. The van der Waals surface area contributed by atoms with E-state index in [-0.39, 0.29) is 5.54 Å². The third-order valence-corrected chi connectivity index (χ3v) is 5.33. The topological polar surface area (TPSA) is 80.9 Å². The summed E-state index contributed by atoms with van der Waals surface area (Å²) in [7, 11) is 0. The van der Waals surface area contributed by atoms with Gasteiger partial charge in [0.25, 0.3) is 0 Å². The van der Waals surface area contributed by atoms with Gasteiger partial charge in [0.15, 0.2) is 0 Å². The van der Waals surface area contributed by atoms with Gasteiger partial charge in [-0.3, -0.25) is 4.79 Å². The highest BCUT2D eigenvalue weighted by Crippen LogP contribution is 2.44. The van der Waals surface area contributed by atoms with Gasteiger partial charge in [-0.2, -0.15) is 0 Å². The van der Waals surface area contributed by atoms with E-state index < -0.39 is 5.91 Å². The number of nitrogens with two attached hydrogens (primary N) is 1. The number of benzene rings is 2. The number of anilines is 1. The summed E-state index contributed by atoms with van der Waals surface area (Å²) in [5, 5.41) is 12.9. The molecule has 1 aromatic heterocycles. The molecule has 3 aromatic rings. The summed E-state index contributed by atoms with van der Waals surface area (Å²) in [5.41, 5.74) is 8.39. The Hall–Kier alpha value is -2.92. The number of carbonyl (C=O) groups is 1. The molecule has 27 heavy (non-hydrogen) atoms. The first-order valence-corrected chi connectivity index (χ1v) is 9.22. The summed E-state index contributed by atoms with van der Waals surface area (Å²) < 4.78 is 0. The molecule has 3 N–H and O–H groups in total. The lowest BCUT2D eigenvalue weighted by Gasteiger charge is -2.43. The van der Waals surface area contributed by atoms with Gasteiger partial charge in [0.1, 0.15) is 5.82 Å². The van der Waals surface area contributed by atoms with Gasteiger partial charge >= 0.3 is 0 Å². The zero-order chi connectivity index (χ0) is 18.9. The first-order chi connectivity index (χ1) is 13.1. The molecular formula is C21H19ClN4O. The maximum atomic E-state index is 11.4. The van der Waals surface area contributed by atoms with Crippen molar-refractivity contribution in [2.45, 2.75) is 24.8 Å². The molecule has 6 heteroatoms. The van der Waals surface area contributed by atoms with Crippen molar-refractivity contribution in [2.24, 2.45) is 5.73 Å². The maximum absolute atomic E-state index is 11.4.